The van der Waals surface area contributed by atoms with Crippen molar-refractivity contribution < 1.29 is 9.47 Å². The normalized spacial score (nSPS) is 14.3. The molecule has 0 amide bonds. The minimum atomic E-state index is 0.573. The van der Waals surface area contributed by atoms with Gasteiger partial charge in [0.2, 0.25) is 0 Å². The molecule has 2 aromatic carbocycles. The number of pyridine rings is 1. The minimum Gasteiger partial charge on any atom is -0.494 e. The number of hydrogen-bond acceptors (Lipinski definition) is 5. The van der Waals surface area contributed by atoms with Crippen molar-refractivity contribution in [3.8, 4) is 5.75 Å². The Balaban J connectivity index is 1.27. The van der Waals surface area contributed by atoms with Crippen molar-refractivity contribution in [1.29, 1.82) is 0 Å². The number of fused-ring (bicyclic) bond motifs is 1. The quantitative estimate of drug-likeness (QED) is 0.297. The van der Waals surface area contributed by atoms with Crippen LogP contribution in [-0.4, -0.2) is 56.9 Å². The van der Waals surface area contributed by atoms with Gasteiger partial charge in [-0.2, -0.15) is 0 Å². The summed E-state index contributed by atoms with van der Waals surface area (Å²) in [5.41, 5.74) is 1.12. The third-order valence-electron chi connectivity index (χ3n) is 5.53. The smallest absolute Gasteiger partial charge is 0.191 e. The Morgan fingerprint density at radius 2 is 1.91 bits per heavy atom. The molecule has 4 rings (SSSR count). The summed E-state index contributed by atoms with van der Waals surface area (Å²) in [6.07, 6.45) is 2.72. The highest BCUT2D eigenvalue weighted by molar-refractivity contribution is 5.83. The molecule has 1 aliphatic rings. The average Bonchev–Trinajstić information content (AvgIpc) is 2.87. The van der Waals surface area contributed by atoms with E-state index in [0.29, 0.717) is 13.2 Å². The second-order valence-corrected chi connectivity index (χ2v) is 7.92. The molecule has 1 saturated heterocycles. The van der Waals surface area contributed by atoms with E-state index in [2.05, 4.69) is 63.8 Å². The van der Waals surface area contributed by atoms with Crippen LogP contribution in [0.3, 0.4) is 0 Å². The first-order valence-corrected chi connectivity index (χ1v) is 11.7. The molecule has 2 heterocycles. The SMILES string of the molecule is CCNC(=NCc1cccnc1N1CCOCC1)NCCCOc1ccc2ccccc2c1. The van der Waals surface area contributed by atoms with Crippen molar-refractivity contribution in [2.45, 2.75) is 19.9 Å². The fourth-order valence-corrected chi connectivity index (χ4v) is 3.85. The maximum Gasteiger partial charge on any atom is 0.191 e. The molecule has 1 aromatic heterocycles. The number of nitrogens with one attached hydrogen (secondary N) is 2. The molecule has 174 valence electrons. The maximum absolute atomic E-state index is 5.94. The molecule has 7 heteroatoms. The Kier molecular flexibility index (Phi) is 8.36. The van der Waals surface area contributed by atoms with Crippen LogP contribution in [0.5, 0.6) is 5.75 Å². The predicted octanol–water partition coefficient (Wildman–Crippen LogP) is 3.60. The lowest BCUT2D eigenvalue weighted by Gasteiger charge is -2.29. The van der Waals surface area contributed by atoms with Crippen molar-refractivity contribution in [3.63, 3.8) is 0 Å². The van der Waals surface area contributed by atoms with Gasteiger partial charge in [-0.25, -0.2) is 9.98 Å². The average molecular weight is 448 g/mol. The van der Waals surface area contributed by atoms with Gasteiger partial charge < -0.3 is 25.0 Å². The molecule has 1 fully saturated rings. The lowest BCUT2D eigenvalue weighted by Crippen LogP contribution is -2.38. The number of morpholine rings is 1. The number of aromatic nitrogens is 1. The van der Waals surface area contributed by atoms with Gasteiger partial charge in [0.05, 0.1) is 26.4 Å². The molecule has 0 aliphatic carbocycles. The van der Waals surface area contributed by atoms with E-state index in [1.54, 1.807) is 0 Å². The molecule has 0 saturated carbocycles. The van der Waals surface area contributed by atoms with Crippen molar-refractivity contribution in [2.75, 3.05) is 50.9 Å². The van der Waals surface area contributed by atoms with E-state index in [9.17, 15) is 0 Å². The number of rotatable bonds is 9. The van der Waals surface area contributed by atoms with Crippen LogP contribution >= 0.6 is 0 Å². The summed E-state index contributed by atoms with van der Waals surface area (Å²) < 4.78 is 11.4. The number of anilines is 1. The first kappa shape index (κ1) is 22.9. The van der Waals surface area contributed by atoms with Crippen molar-refractivity contribution in [3.05, 3.63) is 66.4 Å². The second-order valence-electron chi connectivity index (χ2n) is 7.92. The Labute approximate surface area is 195 Å². The first-order valence-electron chi connectivity index (χ1n) is 11.7. The number of ether oxygens (including phenoxy) is 2. The summed E-state index contributed by atoms with van der Waals surface area (Å²) in [7, 11) is 0. The van der Waals surface area contributed by atoms with Gasteiger partial charge in [-0.15, -0.1) is 0 Å². The van der Waals surface area contributed by atoms with Crippen LogP contribution in [-0.2, 0) is 11.3 Å². The molecule has 2 N–H and O–H groups in total. The summed E-state index contributed by atoms with van der Waals surface area (Å²) in [6, 6.07) is 18.6. The van der Waals surface area contributed by atoms with E-state index in [-0.39, 0.29) is 0 Å². The van der Waals surface area contributed by atoms with Crippen LogP contribution in [0.15, 0.2) is 65.8 Å². The van der Waals surface area contributed by atoms with Gasteiger partial charge in [0.25, 0.3) is 0 Å². The van der Waals surface area contributed by atoms with Gasteiger partial charge in [-0.1, -0.05) is 36.4 Å². The molecular weight excluding hydrogens is 414 g/mol. The van der Waals surface area contributed by atoms with Gasteiger partial charge >= 0.3 is 0 Å². The number of aliphatic imine (C=N–C) groups is 1. The lowest BCUT2D eigenvalue weighted by atomic mass is 10.1. The molecule has 1 aliphatic heterocycles. The largest absolute Gasteiger partial charge is 0.494 e. The summed E-state index contributed by atoms with van der Waals surface area (Å²) in [5, 5.41) is 9.16. The second kappa shape index (κ2) is 12.1. The highest BCUT2D eigenvalue weighted by Gasteiger charge is 2.15. The molecule has 0 unspecified atom stereocenters. The molecule has 7 nitrogen and oxygen atoms in total. The van der Waals surface area contributed by atoms with Gasteiger partial charge in [0, 0.05) is 37.9 Å². The fraction of sp³-hybridized carbons (Fsp3) is 0.385. The minimum absolute atomic E-state index is 0.573. The highest BCUT2D eigenvalue weighted by atomic mass is 16.5. The van der Waals surface area contributed by atoms with Crippen molar-refractivity contribution in [2.24, 2.45) is 4.99 Å². The number of hydrogen-bond donors (Lipinski definition) is 2. The molecule has 3 aromatic rings. The van der Waals surface area contributed by atoms with Crippen molar-refractivity contribution in [1.82, 2.24) is 15.6 Å². The molecule has 0 atom stereocenters. The number of benzene rings is 2. The van der Waals surface area contributed by atoms with Crippen LogP contribution in [0.1, 0.15) is 18.9 Å². The Bertz CT molecular complexity index is 1050. The predicted molar refractivity (Wildman–Crippen MR) is 134 cm³/mol. The van der Waals surface area contributed by atoms with E-state index in [4.69, 9.17) is 14.5 Å². The zero-order valence-electron chi connectivity index (χ0n) is 19.3. The third-order valence-corrected chi connectivity index (χ3v) is 5.53. The first-order chi connectivity index (χ1) is 16.3. The van der Waals surface area contributed by atoms with Crippen LogP contribution in [0, 0.1) is 0 Å². The van der Waals surface area contributed by atoms with E-state index in [1.165, 1.54) is 10.8 Å². The van der Waals surface area contributed by atoms with Gasteiger partial charge in [0.1, 0.15) is 11.6 Å². The summed E-state index contributed by atoms with van der Waals surface area (Å²) >= 11 is 0. The van der Waals surface area contributed by atoms with E-state index in [0.717, 1.165) is 68.9 Å². The summed E-state index contributed by atoms with van der Waals surface area (Å²) in [4.78, 5) is 11.7. The van der Waals surface area contributed by atoms with Gasteiger partial charge in [-0.05, 0) is 42.3 Å². The monoisotopic (exact) mass is 447 g/mol. The Hall–Kier alpha value is -3.32. The lowest BCUT2D eigenvalue weighted by molar-refractivity contribution is 0.122. The van der Waals surface area contributed by atoms with E-state index in [1.807, 2.05) is 24.4 Å². The molecule has 0 bridgehead atoms. The topological polar surface area (TPSA) is 71.0 Å². The molecule has 0 radical (unpaired) electrons. The van der Waals surface area contributed by atoms with E-state index >= 15 is 0 Å². The number of nitrogens with zero attached hydrogens (tertiary/aromatic N) is 3. The summed E-state index contributed by atoms with van der Waals surface area (Å²) in [5.74, 6) is 2.71. The standard InChI is InChI=1S/C26H33N5O2/c1-2-27-26(30-20-23-9-5-12-28-25(23)31-14-17-32-18-15-31)29-13-6-16-33-24-11-10-21-7-3-4-8-22(21)19-24/h3-5,7-12,19H,2,6,13-18,20H2,1H3,(H2,27,29,30). The van der Waals surface area contributed by atoms with Crippen LogP contribution in [0.4, 0.5) is 5.82 Å². The summed E-state index contributed by atoms with van der Waals surface area (Å²) in [6.45, 7) is 8.09. The number of guanidine groups is 1. The van der Waals surface area contributed by atoms with Crippen LogP contribution in [0.2, 0.25) is 0 Å². The zero-order chi connectivity index (χ0) is 22.7. The van der Waals surface area contributed by atoms with Gasteiger partial charge in [0.15, 0.2) is 5.96 Å². The van der Waals surface area contributed by atoms with Crippen molar-refractivity contribution >= 4 is 22.5 Å². The third kappa shape index (κ3) is 6.58. The Morgan fingerprint density at radius 1 is 1.06 bits per heavy atom. The zero-order valence-corrected chi connectivity index (χ0v) is 19.3. The molecule has 33 heavy (non-hydrogen) atoms. The van der Waals surface area contributed by atoms with E-state index < -0.39 is 0 Å². The maximum atomic E-state index is 5.94. The Morgan fingerprint density at radius 3 is 2.76 bits per heavy atom. The van der Waals surface area contributed by atoms with Crippen LogP contribution in [0.25, 0.3) is 10.8 Å². The van der Waals surface area contributed by atoms with Gasteiger partial charge in [-0.3, -0.25) is 0 Å². The molecule has 0 spiro atoms. The fourth-order valence-electron chi connectivity index (χ4n) is 3.85. The highest BCUT2D eigenvalue weighted by Crippen LogP contribution is 2.21. The van der Waals surface area contributed by atoms with Crippen LogP contribution < -0.4 is 20.3 Å². The molecular formula is C26H33N5O2.